The molecule has 0 unspecified atom stereocenters. The third-order valence-corrected chi connectivity index (χ3v) is 4.72. The van der Waals surface area contributed by atoms with Crippen LogP contribution in [0.1, 0.15) is 18.4 Å². The number of aromatic nitrogens is 1. The number of hydrogen-bond acceptors (Lipinski definition) is 3. The summed E-state index contributed by atoms with van der Waals surface area (Å²) >= 11 is 6.23. The molecule has 1 saturated heterocycles. The average Bonchev–Trinajstić information content (AvgIpc) is 2.52. The lowest BCUT2D eigenvalue weighted by Crippen LogP contribution is -2.34. The third-order valence-electron chi connectivity index (χ3n) is 4.39. The zero-order valence-electron chi connectivity index (χ0n) is 12.5. The smallest absolute Gasteiger partial charge is 0.0761 e. The molecule has 1 N–H and O–H groups in total. The first kappa shape index (κ1) is 14.8. The zero-order valence-corrected chi connectivity index (χ0v) is 13.2. The number of halogens is 1. The second kappa shape index (κ2) is 6.73. The molecule has 4 heteroatoms. The molecule has 0 spiro atoms. The Bertz CT molecular complexity index is 606. The molecule has 0 atom stereocenters. The number of benzene rings is 1. The molecule has 3 nitrogen and oxygen atoms in total. The minimum Gasteiger partial charge on any atom is -0.312 e. The molecule has 1 aromatic heterocycles. The molecule has 21 heavy (non-hydrogen) atoms. The molecule has 2 heterocycles. The summed E-state index contributed by atoms with van der Waals surface area (Å²) in [4.78, 5) is 6.90. The van der Waals surface area contributed by atoms with Gasteiger partial charge in [-0.2, -0.15) is 0 Å². The lowest BCUT2D eigenvalue weighted by molar-refractivity contribution is 0.216. The Kier molecular flexibility index (Phi) is 4.73. The second-order valence-corrected chi connectivity index (χ2v) is 6.39. The largest absolute Gasteiger partial charge is 0.312 e. The van der Waals surface area contributed by atoms with E-state index in [4.69, 9.17) is 11.6 Å². The van der Waals surface area contributed by atoms with Crippen molar-refractivity contribution in [3.8, 4) is 0 Å². The summed E-state index contributed by atoms with van der Waals surface area (Å²) in [5.74, 6) is 0.799. The van der Waals surface area contributed by atoms with Gasteiger partial charge in [-0.1, -0.05) is 17.7 Å². The molecule has 0 aliphatic carbocycles. The normalized spacial score (nSPS) is 17.4. The van der Waals surface area contributed by atoms with Crippen LogP contribution in [-0.4, -0.2) is 36.6 Å². The van der Waals surface area contributed by atoms with Crippen LogP contribution in [-0.2, 0) is 6.54 Å². The molecule has 0 bridgehead atoms. The van der Waals surface area contributed by atoms with Crippen molar-refractivity contribution >= 4 is 22.5 Å². The maximum atomic E-state index is 6.23. The summed E-state index contributed by atoms with van der Waals surface area (Å²) in [6, 6.07) is 8.02. The summed E-state index contributed by atoms with van der Waals surface area (Å²) in [7, 11) is 2.20. The number of pyridine rings is 1. The van der Waals surface area contributed by atoms with Crippen molar-refractivity contribution in [2.24, 2.45) is 5.92 Å². The van der Waals surface area contributed by atoms with E-state index >= 15 is 0 Å². The SMILES string of the molecule is CN1CCC(CNCc2ccc(Cl)c3cccnc23)CC1. The predicted molar refractivity (Wildman–Crippen MR) is 88.7 cm³/mol. The van der Waals surface area contributed by atoms with E-state index in [0.717, 1.165) is 34.9 Å². The monoisotopic (exact) mass is 303 g/mol. The number of piperidine rings is 1. The Morgan fingerprint density at radius 2 is 2.10 bits per heavy atom. The van der Waals surface area contributed by atoms with E-state index in [9.17, 15) is 0 Å². The van der Waals surface area contributed by atoms with Crippen LogP contribution in [0.5, 0.6) is 0 Å². The molecule has 0 saturated carbocycles. The molecule has 1 aliphatic heterocycles. The summed E-state index contributed by atoms with van der Waals surface area (Å²) in [5.41, 5.74) is 2.24. The van der Waals surface area contributed by atoms with Gasteiger partial charge in [0.15, 0.2) is 0 Å². The van der Waals surface area contributed by atoms with E-state index in [0.29, 0.717) is 0 Å². The molecule has 3 rings (SSSR count). The van der Waals surface area contributed by atoms with Gasteiger partial charge in [-0.3, -0.25) is 4.98 Å². The Labute approximate surface area is 131 Å². The number of hydrogen-bond donors (Lipinski definition) is 1. The van der Waals surface area contributed by atoms with E-state index in [1.54, 1.807) is 0 Å². The molecule has 112 valence electrons. The molecule has 2 aromatic rings. The Hall–Kier alpha value is -1.16. The molecule has 0 radical (unpaired) electrons. The fraction of sp³-hybridized carbons (Fsp3) is 0.471. The van der Waals surface area contributed by atoms with Gasteiger partial charge in [0.2, 0.25) is 0 Å². The van der Waals surface area contributed by atoms with Gasteiger partial charge in [0, 0.05) is 23.2 Å². The number of fused-ring (bicyclic) bond motifs is 1. The molecule has 1 aliphatic rings. The van der Waals surface area contributed by atoms with Gasteiger partial charge >= 0.3 is 0 Å². The van der Waals surface area contributed by atoms with Gasteiger partial charge in [-0.05, 0) is 69.2 Å². The van der Waals surface area contributed by atoms with Gasteiger partial charge in [0.1, 0.15) is 0 Å². The minimum atomic E-state index is 0.775. The van der Waals surface area contributed by atoms with Crippen molar-refractivity contribution in [3.63, 3.8) is 0 Å². The van der Waals surface area contributed by atoms with Crippen LogP contribution < -0.4 is 5.32 Å². The van der Waals surface area contributed by atoms with Crippen LogP contribution in [0.4, 0.5) is 0 Å². The van der Waals surface area contributed by atoms with Crippen molar-refractivity contribution in [1.82, 2.24) is 15.2 Å². The highest BCUT2D eigenvalue weighted by Gasteiger charge is 2.16. The van der Waals surface area contributed by atoms with Gasteiger partial charge < -0.3 is 10.2 Å². The van der Waals surface area contributed by atoms with E-state index < -0.39 is 0 Å². The van der Waals surface area contributed by atoms with E-state index in [2.05, 4.69) is 28.3 Å². The van der Waals surface area contributed by atoms with Gasteiger partial charge in [-0.25, -0.2) is 0 Å². The number of nitrogens with zero attached hydrogens (tertiary/aromatic N) is 2. The lowest BCUT2D eigenvalue weighted by Gasteiger charge is -2.29. The lowest BCUT2D eigenvalue weighted by atomic mass is 9.97. The maximum absolute atomic E-state index is 6.23. The van der Waals surface area contributed by atoms with Crippen molar-refractivity contribution in [1.29, 1.82) is 0 Å². The first-order valence-corrected chi connectivity index (χ1v) is 8.03. The van der Waals surface area contributed by atoms with E-state index in [1.807, 2.05) is 24.4 Å². The predicted octanol–water partition coefficient (Wildman–Crippen LogP) is 3.32. The Morgan fingerprint density at radius 1 is 1.29 bits per heavy atom. The molecule has 1 fully saturated rings. The average molecular weight is 304 g/mol. The number of likely N-dealkylation sites (tertiary alicyclic amines) is 1. The molecule has 1 aromatic carbocycles. The maximum Gasteiger partial charge on any atom is 0.0761 e. The van der Waals surface area contributed by atoms with Gasteiger partial charge in [0.25, 0.3) is 0 Å². The second-order valence-electron chi connectivity index (χ2n) is 5.98. The summed E-state index contributed by atoms with van der Waals surface area (Å²) in [6.07, 6.45) is 4.42. The van der Waals surface area contributed by atoms with Crippen LogP contribution in [0.3, 0.4) is 0 Å². The Balaban J connectivity index is 1.62. The van der Waals surface area contributed by atoms with Crippen LogP contribution in [0.25, 0.3) is 10.9 Å². The van der Waals surface area contributed by atoms with Crippen molar-refractivity contribution in [2.75, 3.05) is 26.7 Å². The minimum absolute atomic E-state index is 0.775. The third kappa shape index (κ3) is 3.54. The zero-order chi connectivity index (χ0) is 14.7. The van der Waals surface area contributed by atoms with Crippen molar-refractivity contribution in [3.05, 3.63) is 41.0 Å². The van der Waals surface area contributed by atoms with Crippen LogP contribution in [0, 0.1) is 5.92 Å². The van der Waals surface area contributed by atoms with Crippen LogP contribution in [0.2, 0.25) is 5.02 Å². The highest BCUT2D eigenvalue weighted by atomic mass is 35.5. The topological polar surface area (TPSA) is 28.2 Å². The summed E-state index contributed by atoms with van der Waals surface area (Å²) in [6.45, 7) is 4.39. The number of nitrogens with one attached hydrogen (secondary N) is 1. The molecular weight excluding hydrogens is 282 g/mol. The van der Waals surface area contributed by atoms with E-state index in [1.165, 1.54) is 31.5 Å². The highest BCUT2D eigenvalue weighted by molar-refractivity contribution is 6.35. The fourth-order valence-electron chi connectivity index (χ4n) is 3.02. The number of rotatable bonds is 4. The van der Waals surface area contributed by atoms with Crippen LogP contribution in [0.15, 0.2) is 30.5 Å². The first-order chi connectivity index (χ1) is 10.2. The van der Waals surface area contributed by atoms with E-state index in [-0.39, 0.29) is 0 Å². The van der Waals surface area contributed by atoms with Crippen LogP contribution >= 0.6 is 11.6 Å². The quantitative estimate of drug-likeness (QED) is 0.939. The summed E-state index contributed by atoms with van der Waals surface area (Å²) < 4.78 is 0. The molecule has 0 amide bonds. The fourth-order valence-corrected chi connectivity index (χ4v) is 3.23. The first-order valence-electron chi connectivity index (χ1n) is 7.65. The van der Waals surface area contributed by atoms with Gasteiger partial charge in [0.05, 0.1) is 5.52 Å². The molecular formula is C17H22ClN3. The Morgan fingerprint density at radius 3 is 2.90 bits per heavy atom. The van der Waals surface area contributed by atoms with Crippen molar-refractivity contribution < 1.29 is 0 Å². The standard InChI is InChI=1S/C17H22ClN3/c1-21-9-6-13(7-10-21)11-19-12-14-4-5-16(18)15-3-2-8-20-17(14)15/h2-5,8,13,19H,6-7,9-12H2,1H3. The highest BCUT2D eigenvalue weighted by Crippen LogP contribution is 2.24. The van der Waals surface area contributed by atoms with Gasteiger partial charge in [-0.15, -0.1) is 0 Å². The summed E-state index contributed by atoms with van der Waals surface area (Å²) in [5, 5.41) is 5.41. The van der Waals surface area contributed by atoms with Crippen molar-refractivity contribution in [2.45, 2.75) is 19.4 Å².